The minimum Gasteiger partial charge on any atom is -0.272 e. The van der Waals surface area contributed by atoms with Crippen molar-refractivity contribution in [3.8, 4) is 11.4 Å². The third-order valence-corrected chi connectivity index (χ3v) is 6.83. The monoisotopic (exact) mass is 441 g/mol. The number of hydrogen-bond donors (Lipinski definition) is 1. The normalized spacial score (nSPS) is 14.7. The zero-order valence-electron chi connectivity index (χ0n) is 17.9. The molecule has 9 heteroatoms. The number of benzene rings is 1. The van der Waals surface area contributed by atoms with Gasteiger partial charge in [0.2, 0.25) is 10.0 Å². The van der Waals surface area contributed by atoms with Crippen LogP contribution in [0.15, 0.2) is 58.5 Å². The molecule has 3 aromatic rings. The molecule has 0 atom stereocenters. The Balaban J connectivity index is 1.49. The molecule has 1 N–H and O–H groups in total. The van der Waals surface area contributed by atoms with E-state index in [4.69, 9.17) is 0 Å². The van der Waals surface area contributed by atoms with E-state index in [-0.39, 0.29) is 35.1 Å². The Labute approximate surface area is 182 Å². The minimum absolute atomic E-state index is 0.0523. The molecular formula is C22H27N5O3S. The fraction of sp³-hybridized carbons (Fsp3) is 0.409. The SMILES string of the molecule is CC(C)(C)c1ccc(S(=O)(=O)NCCn2nc(-c3cccnc3)n(C3CC3)c2=O)cc1. The smallest absolute Gasteiger partial charge is 0.272 e. The van der Waals surface area contributed by atoms with Crippen molar-refractivity contribution in [2.75, 3.05) is 6.54 Å². The molecule has 0 bridgehead atoms. The molecule has 8 nitrogen and oxygen atoms in total. The first-order valence-electron chi connectivity index (χ1n) is 10.4. The van der Waals surface area contributed by atoms with Crippen LogP contribution in [-0.2, 0) is 22.0 Å². The summed E-state index contributed by atoms with van der Waals surface area (Å²) in [5.41, 5.74) is 1.55. The predicted molar refractivity (Wildman–Crippen MR) is 118 cm³/mol. The van der Waals surface area contributed by atoms with Crippen LogP contribution in [0.25, 0.3) is 11.4 Å². The van der Waals surface area contributed by atoms with E-state index in [1.807, 2.05) is 18.2 Å². The van der Waals surface area contributed by atoms with Crippen LogP contribution in [0.2, 0.25) is 0 Å². The second-order valence-electron chi connectivity index (χ2n) is 8.84. The summed E-state index contributed by atoms with van der Waals surface area (Å²) in [6.45, 7) is 6.44. The van der Waals surface area contributed by atoms with Gasteiger partial charge in [0.15, 0.2) is 5.82 Å². The van der Waals surface area contributed by atoms with Crippen LogP contribution in [0.4, 0.5) is 0 Å². The van der Waals surface area contributed by atoms with Gasteiger partial charge in [-0.1, -0.05) is 32.9 Å². The summed E-state index contributed by atoms with van der Waals surface area (Å²) in [5.74, 6) is 0.571. The van der Waals surface area contributed by atoms with Gasteiger partial charge in [0.1, 0.15) is 0 Å². The average Bonchev–Trinajstić information content (AvgIpc) is 3.52. The maximum absolute atomic E-state index is 12.9. The zero-order valence-corrected chi connectivity index (χ0v) is 18.8. The van der Waals surface area contributed by atoms with Crippen LogP contribution in [-0.4, -0.2) is 34.3 Å². The lowest BCUT2D eigenvalue weighted by molar-refractivity contribution is 0.546. The Bertz CT molecular complexity index is 1220. The van der Waals surface area contributed by atoms with Gasteiger partial charge in [0, 0.05) is 30.5 Å². The van der Waals surface area contributed by atoms with Crippen molar-refractivity contribution in [2.45, 2.75) is 56.5 Å². The number of nitrogens with one attached hydrogen (secondary N) is 1. The van der Waals surface area contributed by atoms with Crippen LogP contribution in [0.5, 0.6) is 0 Å². The molecule has 0 unspecified atom stereocenters. The topological polar surface area (TPSA) is 98.9 Å². The third kappa shape index (κ3) is 4.62. The second kappa shape index (κ2) is 8.05. The minimum atomic E-state index is -3.67. The summed E-state index contributed by atoms with van der Waals surface area (Å²) >= 11 is 0. The molecule has 1 aliphatic carbocycles. The van der Waals surface area contributed by atoms with Gasteiger partial charge >= 0.3 is 5.69 Å². The summed E-state index contributed by atoms with van der Waals surface area (Å²) in [6.07, 6.45) is 5.23. The van der Waals surface area contributed by atoms with Gasteiger partial charge in [-0.25, -0.2) is 22.6 Å². The number of nitrogens with zero attached hydrogens (tertiary/aromatic N) is 4. The molecule has 0 amide bonds. The molecule has 0 aliphatic heterocycles. The van der Waals surface area contributed by atoms with E-state index in [9.17, 15) is 13.2 Å². The highest BCUT2D eigenvalue weighted by Gasteiger charge is 2.30. The van der Waals surface area contributed by atoms with Gasteiger partial charge in [-0.15, -0.1) is 5.10 Å². The first-order valence-corrected chi connectivity index (χ1v) is 11.8. The maximum Gasteiger partial charge on any atom is 0.346 e. The Morgan fingerprint density at radius 3 is 2.42 bits per heavy atom. The molecule has 1 aliphatic rings. The summed E-state index contributed by atoms with van der Waals surface area (Å²) in [7, 11) is -3.67. The fourth-order valence-electron chi connectivity index (χ4n) is 3.42. The lowest BCUT2D eigenvalue weighted by Crippen LogP contribution is -2.32. The van der Waals surface area contributed by atoms with Crippen LogP contribution in [0.1, 0.15) is 45.2 Å². The summed E-state index contributed by atoms with van der Waals surface area (Å²) < 4.78 is 30.9. The van der Waals surface area contributed by atoms with Crippen molar-refractivity contribution >= 4 is 10.0 Å². The van der Waals surface area contributed by atoms with Gasteiger partial charge in [-0.2, -0.15) is 0 Å². The molecule has 31 heavy (non-hydrogen) atoms. The number of aromatic nitrogens is 4. The van der Waals surface area contributed by atoms with E-state index in [1.165, 1.54) is 4.68 Å². The van der Waals surface area contributed by atoms with E-state index in [1.54, 1.807) is 35.2 Å². The Morgan fingerprint density at radius 2 is 1.84 bits per heavy atom. The molecule has 0 saturated heterocycles. The lowest BCUT2D eigenvalue weighted by Gasteiger charge is -2.19. The van der Waals surface area contributed by atoms with E-state index in [0.717, 1.165) is 24.0 Å². The van der Waals surface area contributed by atoms with Gasteiger partial charge in [-0.3, -0.25) is 9.55 Å². The Kier molecular flexibility index (Phi) is 5.57. The highest BCUT2D eigenvalue weighted by atomic mass is 32.2. The Hall–Kier alpha value is -2.78. The molecular weight excluding hydrogens is 414 g/mol. The van der Waals surface area contributed by atoms with Crippen molar-refractivity contribution in [3.63, 3.8) is 0 Å². The largest absolute Gasteiger partial charge is 0.346 e. The van der Waals surface area contributed by atoms with E-state index in [2.05, 4.69) is 35.6 Å². The van der Waals surface area contributed by atoms with E-state index in [0.29, 0.717) is 5.82 Å². The van der Waals surface area contributed by atoms with Crippen molar-refractivity contribution in [3.05, 3.63) is 64.8 Å². The first kappa shape index (κ1) is 21.5. The first-order chi connectivity index (χ1) is 14.7. The molecule has 0 radical (unpaired) electrons. The van der Waals surface area contributed by atoms with Crippen LogP contribution in [0.3, 0.4) is 0 Å². The van der Waals surface area contributed by atoms with E-state index < -0.39 is 10.0 Å². The second-order valence-corrected chi connectivity index (χ2v) is 10.6. The molecule has 1 saturated carbocycles. The molecule has 0 spiro atoms. The van der Waals surface area contributed by atoms with Crippen molar-refractivity contribution in [1.82, 2.24) is 24.1 Å². The van der Waals surface area contributed by atoms with Gasteiger partial charge in [0.25, 0.3) is 0 Å². The van der Waals surface area contributed by atoms with Crippen LogP contribution in [0, 0.1) is 0 Å². The number of rotatable bonds is 7. The summed E-state index contributed by atoms with van der Waals surface area (Å²) in [5, 5.41) is 4.46. The van der Waals surface area contributed by atoms with Crippen LogP contribution < -0.4 is 10.4 Å². The molecule has 2 aromatic heterocycles. The summed E-state index contributed by atoms with van der Waals surface area (Å²) in [6, 6.07) is 10.7. The fourth-order valence-corrected chi connectivity index (χ4v) is 4.44. The highest BCUT2D eigenvalue weighted by molar-refractivity contribution is 7.89. The highest BCUT2D eigenvalue weighted by Crippen LogP contribution is 2.36. The number of sulfonamides is 1. The Morgan fingerprint density at radius 1 is 1.13 bits per heavy atom. The van der Waals surface area contributed by atoms with Gasteiger partial charge in [-0.05, 0) is 48.1 Å². The molecule has 1 fully saturated rings. The summed E-state index contributed by atoms with van der Waals surface area (Å²) in [4.78, 5) is 17.2. The van der Waals surface area contributed by atoms with Gasteiger partial charge in [0.05, 0.1) is 11.4 Å². The quantitative estimate of drug-likeness (QED) is 0.608. The van der Waals surface area contributed by atoms with Crippen molar-refractivity contribution in [1.29, 1.82) is 0 Å². The standard InChI is InChI=1S/C22H27N5O3S/c1-22(2,3)17-6-10-19(11-7-17)31(29,30)24-13-14-26-21(28)27(18-8-9-18)20(25-26)16-5-4-12-23-15-16/h4-7,10-12,15,18,24H,8-9,13-14H2,1-3H3. The molecule has 2 heterocycles. The van der Waals surface area contributed by atoms with Gasteiger partial charge < -0.3 is 0 Å². The molecule has 4 rings (SSSR count). The molecule has 164 valence electrons. The number of hydrogen-bond acceptors (Lipinski definition) is 5. The third-order valence-electron chi connectivity index (χ3n) is 5.35. The maximum atomic E-state index is 12.9. The molecule has 1 aromatic carbocycles. The van der Waals surface area contributed by atoms with Crippen molar-refractivity contribution in [2.24, 2.45) is 0 Å². The zero-order chi connectivity index (χ0) is 22.2. The number of pyridine rings is 1. The predicted octanol–water partition coefficient (Wildman–Crippen LogP) is 2.72. The van der Waals surface area contributed by atoms with E-state index >= 15 is 0 Å². The lowest BCUT2D eigenvalue weighted by atomic mass is 9.87. The average molecular weight is 442 g/mol. The van der Waals surface area contributed by atoms with Crippen molar-refractivity contribution < 1.29 is 8.42 Å². The van der Waals surface area contributed by atoms with Crippen LogP contribution >= 0.6 is 0 Å².